The molecule has 132 valence electrons. The Morgan fingerprint density at radius 1 is 1.08 bits per heavy atom. The van der Waals surface area contributed by atoms with Crippen LogP contribution in [0.5, 0.6) is 5.75 Å². The second-order valence-electron chi connectivity index (χ2n) is 6.18. The lowest BCUT2D eigenvalue weighted by molar-refractivity contribution is -0.124. The van der Waals surface area contributed by atoms with Gasteiger partial charge in [0, 0.05) is 0 Å². The molecule has 0 radical (unpaired) electrons. The van der Waals surface area contributed by atoms with E-state index in [1.807, 2.05) is 39.0 Å². The molecule has 1 amide bonds. The lowest BCUT2D eigenvalue weighted by Gasteiger charge is -2.16. The van der Waals surface area contributed by atoms with Crippen LogP contribution in [0.15, 0.2) is 36.4 Å². The number of aryl methyl sites for hydroxylation is 3. The van der Waals surface area contributed by atoms with E-state index in [1.165, 1.54) is 11.6 Å². The van der Waals surface area contributed by atoms with Gasteiger partial charge in [-0.25, -0.2) is 4.79 Å². The first-order valence-corrected chi connectivity index (χ1v) is 8.11. The number of benzene rings is 2. The number of ether oxygens (including phenoxy) is 1. The summed E-state index contributed by atoms with van der Waals surface area (Å²) in [4.78, 5) is 24.0. The summed E-state index contributed by atoms with van der Waals surface area (Å²) in [5.74, 6) is -1.25. The summed E-state index contributed by atoms with van der Waals surface area (Å²) >= 11 is 0. The lowest BCUT2D eigenvalue weighted by Crippen LogP contribution is -2.31. The van der Waals surface area contributed by atoms with Crippen LogP contribution in [0, 0.1) is 20.8 Å². The van der Waals surface area contributed by atoms with Crippen molar-refractivity contribution < 1.29 is 19.4 Å². The highest BCUT2D eigenvalue weighted by molar-refractivity contribution is 5.94. The van der Waals surface area contributed by atoms with E-state index in [1.54, 1.807) is 19.1 Å². The van der Waals surface area contributed by atoms with Crippen LogP contribution in [0.2, 0.25) is 0 Å². The quantitative estimate of drug-likeness (QED) is 0.818. The number of hydrogen-bond acceptors (Lipinski definition) is 4. The summed E-state index contributed by atoms with van der Waals surface area (Å²) in [7, 11) is 0. The summed E-state index contributed by atoms with van der Waals surface area (Å²) in [6.45, 7) is 7.20. The molecular formula is C20H23NO4. The largest absolute Gasteiger partial charge is 0.507 e. The molecule has 1 atom stereocenters. The SMILES string of the molecule is Cc1ccc([C@H](C)NC(=O)COC(=O)c2cccc(C)c2O)cc1C. The predicted molar refractivity (Wildman–Crippen MR) is 95.6 cm³/mol. The van der Waals surface area contributed by atoms with Crippen LogP contribution in [0.25, 0.3) is 0 Å². The van der Waals surface area contributed by atoms with Crippen molar-refractivity contribution in [3.05, 3.63) is 64.2 Å². The standard InChI is InChI=1S/C20H23NO4/c1-12-8-9-16(10-14(12)3)15(4)21-18(22)11-25-20(24)17-7-5-6-13(2)19(17)23/h5-10,15,23H,11H2,1-4H3,(H,21,22)/t15-/m0/s1. The molecule has 2 N–H and O–H groups in total. The van der Waals surface area contributed by atoms with Gasteiger partial charge in [0.25, 0.3) is 5.91 Å². The minimum Gasteiger partial charge on any atom is -0.507 e. The van der Waals surface area contributed by atoms with Crippen molar-refractivity contribution in [2.45, 2.75) is 33.7 Å². The van der Waals surface area contributed by atoms with Crippen molar-refractivity contribution in [2.24, 2.45) is 0 Å². The second-order valence-corrected chi connectivity index (χ2v) is 6.18. The van der Waals surface area contributed by atoms with Crippen LogP contribution in [0.3, 0.4) is 0 Å². The van der Waals surface area contributed by atoms with E-state index in [9.17, 15) is 14.7 Å². The molecule has 0 aliphatic rings. The van der Waals surface area contributed by atoms with Crippen molar-refractivity contribution in [2.75, 3.05) is 6.61 Å². The molecule has 0 heterocycles. The van der Waals surface area contributed by atoms with E-state index in [4.69, 9.17) is 4.74 Å². The summed E-state index contributed by atoms with van der Waals surface area (Å²) in [6.07, 6.45) is 0. The third kappa shape index (κ3) is 4.59. The molecule has 0 bridgehead atoms. The van der Waals surface area contributed by atoms with E-state index in [0.717, 1.165) is 11.1 Å². The van der Waals surface area contributed by atoms with Gasteiger partial charge in [0.2, 0.25) is 0 Å². The van der Waals surface area contributed by atoms with Crippen molar-refractivity contribution in [3.8, 4) is 5.75 Å². The molecule has 0 aromatic heterocycles. The van der Waals surface area contributed by atoms with Crippen molar-refractivity contribution in [3.63, 3.8) is 0 Å². The summed E-state index contributed by atoms with van der Waals surface area (Å²) in [5, 5.41) is 12.7. The molecule has 0 aliphatic carbocycles. The van der Waals surface area contributed by atoms with E-state index < -0.39 is 18.5 Å². The van der Waals surface area contributed by atoms with Gasteiger partial charge < -0.3 is 15.2 Å². The normalized spacial score (nSPS) is 11.7. The highest BCUT2D eigenvalue weighted by atomic mass is 16.5. The number of carbonyl (C=O) groups is 2. The number of para-hydroxylation sites is 1. The van der Waals surface area contributed by atoms with Gasteiger partial charge in [-0.2, -0.15) is 0 Å². The molecule has 0 spiro atoms. The lowest BCUT2D eigenvalue weighted by atomic mass is 10.0. The van der Waals surface area contributed by atoms with Crippen LogP contribution < -0.4 is 5.32 Å². The topological polar surface area (TPSA) is 75.6 Å². The van der Waals surface area contributed by atoms with Crippen molar-refractivity contribution >= 4 is 11.9 Å². The first-order chi connectivity index (χ1) is 11.8. The fourth-order valence-corrected chi connectivity index (χ4v) is 2.43. The van der Waals surface area contributed by atoms with Crippen LogP contribution >= 0.6 is 0 Å². The monoisotopic (exact) mass is 341 g/mol. The third-order valence-corrected chi connectivity index (χ3v) is 4.20. The van der Waals surface area contributed by atoms with Crippen LogP contribution in [-0.4, -0.2) is 23.6 Å². The zero-order chi connectivity index (χ0) is 18.6. The Morgan fingerprint density at radius 3 is 2.48 bits per heavy atom. The first kappa shape index (κ1) is 18.5. The molecule has 0 saturated carbocycles. The van der Waals surface area contributed by atoms with E-state index in [2.05, 4.69) is 5.32 Å². The summed E-state index contributed by atoms with van der Waals surface area (Å²) in [5.41, 5.74) is 3.95. The highest BCUT2D eigenvalue weighted by Crippen LogP contribution is 2.22. The Hall–Kier alpha value is -2.82. The molecule has 25 heavy (non-hydrogen) atoms. The van der Waals surface area contributed by atoms with Gasteiger partial charge in [-0.05, 0) is 56.0 Å². The Labute approximate surface area is 147 Å². The Balaban J connectivity index is 1.92. The van der Waals surface area contributed by atoms with E-state index in [-0.39, 0.29) is 17.4 Å². The minimum atomic E-state index is -0.727. The molecule has 2 rings (SSSR count). The second kappa shape index (κ2) is 7.83. The molecule has 0 unspecified atom stereocenters. The Morgan fingerprint density at radius 2 is 1.80 bits per heavy atom. The first-order valence-electron chi connectivity index (χ1n) is 8.11. The zero-order valence-corrected chi connectivity index (χ0v) is 14.9. The number of phenols is 1. The maximum absolute atomic E-state index is 12.0. The van der Waals surface area contributed by atoms with E-state index in [0.29, 0.717) is 5.56 Å². The Kier molecular flexibility index (Phi) is 5.80. The number of aromatic hydroxyl groups is 1. The number of esters is 1. The fourth-order valence-electron chi connectivity index (χ4n) is 2.43. The summed E-state index contributed by atoms with van der Waals surface area (Å²) in [6, 6.07) is 10.6. The van der Waals surface area contributed by atoms with Gasteiger partial charge >= 0.3 is 5.97 Å². The maximum Gasteiger partial charge on any atom is 0.342 e. The van der Waals surface area contributed by atoms with Gasteiger partial charge in [0.05, 0.1) is 6.04 Å². The Bertz CT molecular complexity index is 798. The number of hydrogen-bond donors (Lipinski definition) is 2. The highest BCUT2D eigenvalue weighted by Gasteiger charge is 2.16. The number of phenolic OH excluding ortho intramolecular Hbond substituents is 1. The maximum atomic E-state index is 12.0. The van der Waals surface area contributed by atoms with Gasteiger partial charge in [-0.15, -0.1) is 0 Å². The molecule has 5 heteroatoms. The van der Waals surface area contributed by atoms with Gasteiger partial charge in [0.1, 0.15) is 11.3 Å². The summed E-state index contributed by atoms with van der Waals surface area (Å²) < 4.78 is 4.99. The average molecular weight is 341 g/mol. The van der Waals surface area contributed by atoms with Gasteiger partial charge in [-0.3, -0.25) is 4.79 Å². The fraction of sp³-hybridized carbons (Fsp3) is 0.300. The van der Waals surface area contributed by atoms with Crippen LogP contribution in [0.4, 0.5) is 0 Å². The molecule has 2 aromatic rings. The molecule has 0 saturated heterocycles. The zero-order valence-electron chi connectivity index (χ0n) is 14.9. The minimum absolute atomic E-state index is 0.0509. The molecule has 0 aliphatic heterocycles. The van der Waals surface area contributed by atoms with Gasteiger partial charge in [-0.1, -0.05) is 30.3 Å². The molecule has 2 aromatic carbocycles. The molecular weight excluding hydrogens is 318 g/mol. The third-order valence-electron chi connectivity index (χ3n) is 4.20. The number of rotatable bonds is 5. The van der Waals surface area contributed by atoms with Crippen molar-refractivity contribution in [1.82, 2.24) is 5.32 Å². The van der Waals surface area contributed by atoms with E-state index >= 15 is 0 Å². The number of amides is 1. The van der Waals surface area contributed by atoms with Crippen LogP contribution in [0.1, 0.15) is 45.6 Å². The number of carbonyl (C=O) groups excluding carboxylic acids is 2. The average Bonchev–Trinajstić information content (AvgIpc) is 2.57. The number of nitrogens with one attached hydrogen (secondary N) is 1. The smallest absolute Gasteiger partial charge is 0.342 e. The molecule has 0 fully saturated rings. The predicted octanol–water partition coefficient (Wildman–Crippen LogP) is 3.35. The molecule has 5 nitrogen and oxygen atoms in total. The van der Waals surface area contributed by atoms with Crippen LogP contribution in [-0.2, 0) is 9.53 Å². The van der Waals surface area contributed by atoms with Gasteiger partial charge in [0.15, 0.2) is 6.61 Å². The van der Waals surface area contributed by atoms with Crippen molar-refractivity contribution in [1.29, 1.82) is 0 Å².